The van der Waals surface area contributed by atoms with Gasteiger partial charge in [0.25, 0.3) is 0 Å². The molecule has 3 atom stereocenters. The zero-order chi connectivity index (χ0) is 12.0. The van der Waals surface area contributed by atoms with Crippen LogP contribution in [0.25, 0.3) is 0 Å². The fraction of sp³-hybridized carbons (Fsp3) is 1.00. The molecule has 1 saturated heterocycles. The lowest BCUT2D eigenvalue weighted by molar-refractivity contribution is 0.0838. The maximum absolute atomic E-state index is 9.58. The van der Waals surface area contributed by atoms with E-state index in [0.29, 0.717) is 12.0 Å². The van der Waals surface area contributed by atoms with Gasteiger partial charge < -0.3 is 15.6 Å². The van der Waals surface area contributed by atoms with Crippen molar-refractivity contribution in [3.63, 3.8) is 0 Å². The van der Waals surface area contributed by atoms with Gasteiger partial charge in [0.1, 0.15) is 0 Å². The Hall–Kier alpha value is -0.160. The van der Waals surface area contributed by atoms with Crippen molar-refractivity contribution < 1.29 is 9.84 Å². The van der Waals surface area contributed by atoms with E-state index >= 15 is 0 Å². The number of hydrogen-bond donors (Lipinski definition) is 2. The predicted octanol–water partition coefficient (Wildman–Crippen LogP) is 0.443. The van der Waals surface area contributed by atoms with Crippen molar-refractivity contribution in [2.75, 3.05) is 33.4 Å². The molecule has 0 aromatic rings. The van der Waals surface area contributed by atoms with Gasteiger partial charge in [-0.2, -0.15) is 0 Å². The van der Waals surface area contributed by atoms with Gasteiger partial charge in [0.15, 0.2) is 0 Å². The number of nitrogens with zero attached hydrogens (tertiary/aromatic N) is 1. The van der Waals surface area contributed by atoms with Gasteiger partial charge in [-0.3, -0.25) is 4.90 Å². The molecule has 3 unspecified atom stereocenters. The molecule has 1 aliphatic heterocycles. The lowest BCUT2D eigenvalue weighted by Gasteiger charge is -2.27. The molecule has 1 fully saturated rings. The standard InChI is InChI=1S/C12H26N2O2/c1-10(15)11-5-7-14(8-11)12(9-16-2)4-3-6-13/h10-12,15H,3-9,13H2,1-2H3. The zero-order valence-electron chi connectivity index (χ0n) is 10.6. The molecule has 96 valence electrons. The Morgan fingerprint density at radius 1 is 1.56 bits per heavy atom. The van der Waals surface area contributed by atoms with Gasteiger partial charge in [0, 0.05) is 19.7 Å². The van der Waals surface area contributed by atoms with Gasteiger partial charge in [0.2, 0.25) is 0 Å². The summed E-state index contributed by atoms with van der Waals surface area (Å²) < 4.78 is 5.26. The molecule has 1 rings (SSSR count). The first kappa shape index (κ1) is 13.9. The summed E-state index contributed by atoms with van der Waals surface area (Å²) in [5.41, 5.74) is 5.55. The Balaban J connectivity index is 2.40. The number of aliphatic hydroxyl groups is 1. The number of aliphatic hydroxyl groups excluding tert-OH is 1. The van der Waals surface area contributed by atoms with Crippen molar-refractivity contribution >= 4 is 0 Å². The van der Waals surface area contributed by atoms with E-state index < -0.39 is 0 Å². The maximum Gasteiger partial charge on any atom is 0.0618 e. The molecule has 0 radical (unpaired) electrons. The Morgan fingerprint density at radius 2 is 2.31 bits per heavy atom. The normalized spacial score (nSPS) is 25.9. The van der Waals surface area contributed by atoms with Crippen LogP contribution in [0.3, 0.4) is 0 Å². The molecule has 0 aromatic carbocycles. The summed E-state index contributed by atoms with van der Waals surface area (Å²) in [6.45, 7) is 5.48. The van der Waals surface area contributed by atoms with Crippen LogP contribution in [0.5, 0.6) is 0 Å². The number of methoxy groups -OCH3 is 1. The van der Waals surface area contributed by atoms with Gasteiger partial charge in [-0.15, -0.1) is 0 Å². The second-order valence-electron chi connectivity index (χ2n) is 4.82. The maximum atomic E-state index is 9.58. The molecule has 3 N–H and O–H groups in total. The van der Waals surface area contributed by atoms with Gasteiger partial charge in [-0.05, 0) is 45.2 Å². The van der Waals surface area contributed by atoms with Crippen molar-refractivity contribution in [3.8, 4) is 0 Å². The quantitative estimate of drug-likeness (QED) is 0.666. The average Bonchev–Trinajstić information content (AvgIpc) is 2.73. The van der Waals surface area contributed by atoms with Gasteiger partial charge in [-0.25, -0.2) is 0 Å². The van der Waals surface area contributed by atoms with E-state index in [2.05, 4.69) is 4.90 Å². The van der Waals surface area contributed by atoms with E-state index in [-0.39, 0.29) is 6.10 Å². The SMILES string of the molecule is COCC(CCCN)N1CCC(C(C)O)C1. The molecule has 0 amide bonds. The summed E-state index contributed by atoms with van der Waals surface area (Å²) in [4.78, 5) is 2.44. The molecule has 1 heterocycles. The Labute approximate surface area is 98.8 Å². The molecular formula is C12H26N2O2. The first-order valence-electron chi connectivity index (χ1n) is 6.30. The van der Waals surface area contributed by atoms with E-state index in [1.165, 1.54) is 0 Å². The summed E-state index contributed by atoms with van der Waals surface area (Å²) in [6.07, 6.45) is 3.05. The van der Waals surface area contributed by atoms with Crippen LogP contribution in [0, 0.1) is 5.92 Å². The number of rotatable bonds is 7. The highest BCUT2D eigenvalue weighted by Crippen LogP contribution is 2.23. The second-order valence-corrected chi connectivity index (χ2v) is 4.82. The molecule has 1 aliphatic rings. The summed E-state index contributed by atoms with van der Waals surface area (Å²) in [6, 6.07) is 0.470. The largest absolute Gasteiger partial charge is 0.393 e. The molecule has 0 spiro atoms. The Morgan fingerprint density at radius 3 is 2.81 bits per heavy atom. The number of ether oxygens (including phenoxy) is 1. The molecule has 16 heavy (non-hydrogen) atoms. The minimum Gasteiger partial charge on any atom is -0.393 e. The van der Waals surface area contributed by atoms with Crippen molar-refractivity contribution in [1.82, 2.24) is 4.90 Å². The van der Waals surface area contributed by atoms with Crippen LogP contribution >= 0.6 is 0 Å². The molecule has 0 saturated carbocycles. The van der Waals surface area contributed by atoms with Crippen molar-refractivity contribution in [2.24, 2.45) is 11.7 Å². The lowest BCUT2D eigenvalue weighted by atomic mass is 10.0. The van der Waals surface area contributed by atoms with E-state index in [1.807, 2.05) is 6.92 Å². The van der Waals surface area contributed by atoms with Crippen LogP contribution in [-0.4, -0.2) is 55.5 Å². The van der Waals surface area contributed by atoms with Crippen molar-refractivity contribution in [3.05, 3.63) is 0 Å². The van der Waals surface area contributed by atoms with Crippen LogP contribution < -0.4 is 5.73 Å². The second kappa shape index (κ2) is 7.22. The van der Waals surface area contributed by atoms with Gasteiger partial charge in [0.05, 0.1) is 12.7 Å². The topological polar surface area (TPSA) is 58.7 Å². The van der Waals surface area contributed by atoms with Crippen molar-refractivity contribution in [2.45, 2.75) is 38.3 Å². The van der Waals surface area contributed by atoms with Crippen LogP contribution in [0.2, 0.25) is 0 Å². The molecule has 0 bridgehead atoms. The number of nitrogens with two attached hydrogens (primary N) is 1. The van der Waals surface area contributed by atoms with Crippen molar-refractivity contribution in [1.29, 1.82) is 0 Å². The first-order chi connectivity index (χ1) is 7.69. The highest BCUT2D eigenvalue weighted by Gasteiger charge is 2.30. The van der Waals surface area contributed by atoms with E-state index in [9.17, 15) is 5.11 Å². The average molecular weight is 230 g/mol. The molecule has 4 nitrogen and oxygen atoms in total. The molecule has 0 aliphatic carbocycles. The van der Waals surface area contributed by atoms with Crippen LogP contribution in [0.15, 0.2) is 0 Å². The lowest BCUT2D eigenvalue weighted by Crippen LogP contribution is -2.38. The summed E-state index contributed by atoms with van der Waals surface area (Å²) in [5, 5.41) is 9.58. The first-order valence-corrected chi connectivity index (χ1v) is 6.30. The third-order valence-electron chi connectivity index (χ3n) is 3.56. The van der Waals surface area contributed by atoms with E-state index in [0.717, 1.165) is 45.5 Å². The Kier molecular flexibility index (Phi) is 6.28. The Bertz CT molecular complexity index is 188. The molecular weight excluding hydrogens is 204 g/mol. The highest BCUT2D eigenvalue weighted by atomic mass is 16.5. The fourth-order valence-corrected chi connectivity index (χ4v) is 2.46. The highest BCUT2D eigenvalue weighted by molar-refractivity contribution is 4.83. The van der Waals surface area contributed by atoms with Gasteiger partial charge in [-0.1, -0.05) is 0 Å². The fourth-order valence-electron chi connectivity index (χ4n) is 2.46. The van der Waals surface area contributed by atoms with Crippen LogP contribution in [0.1, 0.15) is 26.2 Å². The van der Waals surface area contributed by atoms with E-state index in [4.69, 9.17) is 10.5 Å². The molecule has 0 aromatic heterocycles. The monoisotopic (exact) mass is 230 g/mol. The number of hydrogen-bond acceptors (Lipinski definition) is 4. The predicted molar refractivity (Wildman–Crippen MR) is 65.3 cm³/mol. The zero-order valence-corrected chi connectivity index (χ0v) is 10.6. The van der Waals surface area contributed by atoms with Crippen LogP contribution in [0.4, 0.5) is 0 Å². The van der Waals surface area contributed by atoms with E-state index in [1.54, 1.807) is 7.11 Å². The smallest absolute Gasteiger partial charge is 0.0618 e. The summed E-state index contributed by atoms with van der Waals surface area (Å²) in [5.74, 6) is 0.428. The minimum absolute atomic E-state index is 0.192. The molecule has 4 heteroatoms. The summed E-state index contributed by atoms with van der Waals surface area (Å²) >= 11 is 0. The van der Waals surface area contributed by atoms with Gasteiger partial charge >= 0.3 is 0 Å². The summed E-state index contributed by atoms with van der Waals surface area (Å²) in [7, 11) is 1.75. The third-order valence-corrected chi connectivity index (χ3v) is 3.56. The minimum atomic E-state index is -0.192. The van der Waals surface area contributed by atoms with Crippen LogP contribution in [-0.2, 0) is 4.74 Å². The number of likely N-dealkylation sites (tertiary alicyclic amines) is 1. The third kappa shape index (κ3) is 4.01.